The predicted octanol–water partition coefficient (Wildman–Crippen LogP) is 13.9. The van der Waals surface area contributed by atoms with E-state index in [1.165, 1.54) is 10.5 Å². The number of nitrogens with two attached hydrogens (primary N) is 1. The Bertz CT molecular complexity index is 2390. The number of methoxy groups -OCH3 is 2. The van der Waals surface area contributed by atoms with E-state index in [2.05, 4.69) is 114 Å². The summed E-state index contributed by atoms with van der Waals surface area (Å²) < 4.78 is 25.6. The Hall–Kier alpha value is -3.95. The lowest BCUT2D eigenvalue weighted by atomic mass is 9.87. The van der Waals surface area contributed by atoms with Gasteiger partial charge in [0.15, 0.2) is 0 Å². The number of hydrogen-bond donors (Lipinski definition) is 1. The summed E-state index contributed by atoms with van der Waals surface area (Å²) in [6.45, 7) is 26.1. The Labute approximate surface area is 431 Å². The highest BCUT2D eigenvalue weighted by Crippen LogP contribution is 2.44. The number of esters is 2. The molecule has 2 N–H and O–H groups in total. The molecule has 0 radical (unpaired) electrons. The fourth-order valence-corrected chi connectivity index (χ4v) is 9.15. The van der Waals surface area contributed by atoms with E-state index >= 15 is 0 Å². The van der Waals surface area contributed by atoms with Gasteiger partial charge >= 0.3 is 11.9 Å². The summed E-state index contributed by atoms with van der Waals surface area (Å²) in [7, 11) is 3.35. The second-order valence-corrected chi connectivity index (χ2v) is 25.0. The Morgan fingerprint density at radius 2 is 1.16 bits per heavy atom. The van der Waals surface area contributed by atoms with Crippen LogP contribution in [0.4, 0.5) is 5.69 Å². The number of hydrazine groups is 1. The van der Waals surface area contributed by atoms with E-state index in [0.717, 1.165) is 54.8 Å². The summed E-state index contributed by atoms with van der Waals surface area (Å²) in [6.07, 6.45) is 0.826. The van der Waals surface area contributed by atoms with Crippen molar-refractivity contribution in [3.05, 3.63) is 117 Å². The summed E-state index contributed by atoms with van der Waals surface area (Å²) in [6, 6.07) is 30.5. The molecule has 0 aliphatic carbocycles. The second-order valence-electron chi connectivity index (χ2n) is 19.5. The molecule has 10 nitrogen and oxygen atoms in total. The molecular formula is C54H73Br2N3O7S2. The van der Waals surface area contributed by atoms with E-state index in [1.807, 2.05) is 87.1 Å². The number of Topliss-reactive ketones (excluding diaryl/α,β-unsaturated/α-hetero) is 1. The van der Waals surface area contributed by atoms with Gasteiger partial charge in [0.25, 0.3) is 0 Å². The molecule has 0 fully saturated rings. The minimum Gasteiger partial charge on any atom is -0.497 e. The summed E-state index contributed by atoms with van der Waals surface area (Å²) >= 11 is 10.4. The fraction of sp³-hybridized carbons (Fsp3) is 0.463. The van der Waals surface area contributed by atoms with Gasteiger partial charge in [-0.25, -0.2) is 5.84 Å². The number of carbonyl (C=O) groups excluding carboxylic acids is 3. The van der Waals surface area contributed by atoms with Gasteiger partial charge in [-0.15, -0.1) is 23.5 Å². The second kappa shape index (κ2) is 26.3. The third-order valence-electron chi connectivity index (χ3n) is 10.2. The average molecular weight is 1100 g/mol. The van der Waals surface area contributed by atoms with Crippen LogP contribution in [-0.2, 0) is 43.4 Å². The molecule has 0 amide bonds. The number of ether oxygens (including phenoxy) is 4. The third kappa shape index (κ3) is 19.1. The molecule has 0 aliphatic heterocycles. The molecule has 0 aliphatic rings. The van der Waals surface area contributed by atoms with Gasteiger partial charge in [-0.3, -0.25) is 14.4 Å². The van der Waals surface area contributed by atoms with E-state index in [1.54, 1.807) is 51.8 Å². The number of hydrogen-bond acceptors (Lipinski definition) is 11. The number of aromatic nitrogens is 1. The largest absolute Gasteiger partial charge is 0.497 e. The minimum absolute atomic E-state index is 0.00260. The van der Waals surface area contributed by atoms with E-state index in [-0.39, 0.29) is 33.6 Å². The zero-order valence-corrected chi connectivity index (χ0v) is 47.3. The van der Waals surface area contributed by atoms with E-state index < -0.39 is 10.8 Å². The van der Waals surface area contributed by atoms with Gasteiger partial charge in [0, 0.05) is 59.3 Å². The predicted molar refractivity (Wildman–Crippen MR) is 291 cm³/mol. The number of benzene rings is 4. The number of halogens is 2. The Morgan fingerprint density at radius 1 is 0.662 bits per heavy atom. The van der Waals surface area contributed by atoms with Crippen molar-refractivity contribution in [2.24, 2.45) is 16.7 Å². The highest BCUT2D eigenvalue weighted by atomic mass is 79.9. The van der Waals surface area contributed by atoms with Crippen LogP contribution < -0.4 is 20.3 Å². The zero-order chi connectivity index (χ0) is 51.0. The summed E-state index contributed by atoms with van der Waals surface area (Å²) in [5, 5.41) is 2.86. The number of ketones is 1. The molecule has 14 heteroatoms. The van der Waals surface area contributed by atoms with Gasteiger partial charge in [0.05, 0.1) is 56.2 Å². The molecule has 5 aromatic rings. The highest BCUT2D eigenvalue weighted by Gasteiger charge is 2.35. The topological polar surface area (TPSA) is 122 Å². The number of anilines is 1. The Morgan fingerprint density at radius 3 is 1.65 bits per heavy atom. The number of thioether (sulfide) groups is 2. The average Bonchev–Trinajstić information content (AvgIpc) is 3.52. The molecule has 0 unspecified atom stereocenters. The van der Waals surface area contributed by atoms with Crippen LogP contribution in [0, 0.1) is 10.8 Å². The SMILES string of the molecule is CCOC(=O)C(C)(C)CC(=O)CSC(C)(C)C.CCOC(=O)C(C)(C)Cc1c(SC(C)(C)C)c2cc(OC)ccc2n1Cc1ccc(Br)cc1.COc1ccc(N(N)Cc2ccc(Br)cc2)cc1. The molecule has 0 saturated carbocycles. The maximum Gasteiger partial charge on any atom is 0.311 e. The first-order valence-electron chi connectivity index (χ1n) is 22.8. The van der Waals surface area contributed by atoms with Crippen LogP contribution in [0.5, 0.6) is 11.5 Å². The molecule has 68 heavy (non-hydrogen) atoms. The maximum absolute atomic E-state index is 12.8. The minimum atomic E-state index is -0.717. The molecule has 4 aromatic carbocycles. The van der Waals surface area contributed by atoms with E-state index in [9.17, 15) is 14.4 Å². The van der Waals surface area contributed by atoms with Crippen LogP contribution >= 0.6 is 55.4 Å². The van der Waals surface area contributed by atoms with Crippen LogP contribution in [0.3, 0.4) is 0 Å². The molecule has 1 aromatic heterocycles. The van der Waals surface area contributed by atoms with Gasteiger partial charge in [-0.2, -0.15) is 0 Å². The Balaban J connectivity index is 0.000000296. The lowest BCUT2D eigenvalue weighted by Crippen LogP contribution is -2.30. The van der Waals surface area contributed by atoms with Crippen molar-refractivity contribution >= 4 is 89.7 Å². The Kier molecular flexibility index (Phi) is 22.6. The first kappa shape index (κ1) is 58.4. The number of nitrogens with zero attached hydrogens (tertiary/aromatic N) is 2. The van der Waals surface area contributed by atoms with Crippen molar-refractivity contribution in [2.75, 3.05) is 38.2 Å². The number of carbonyl (C=O) groups is 3. The summed E-state index contributed by atoms with van der Waals surface area (Å²) in [4.78, 5) is 37.4. The number of rotatable bonds is 18. The van der Waals surface area contributed by atoms with Crippen molar-refractivity contribution in [2.45, 2.75) is 123 Å². The fourth-order valence-electron chi connectivity index (χ4n) is 6.74. The highest BCUT2D eigenvalue weighted by molar-refractivity contribution is 9.10. The molecule has 0 spiro atoms. The first-order chi connectivity index (χ1) is 31.7. The molecule has 0 atom stereocenters. The standard InChI is InChI=1S/C27H34BrNO3S.C14H15BrN2O.C13H24O3S/c1-8-32-25(30)27(5,6)16-23-24(33-26(2,3)4)21-15-20(31-7)13-14-22(21)29(23)17-18-9-11-19(28)12-10-18;1-18-14-8-6-13(7-9-14)17(16)10-11-2-4-12(15)5-3-11;1-7-16-11(15)13(5,6)8-10(14)9-17-12(2,3)4/h9-15H,8,16-17H2,1-7H3;2-9H,10,16H2,1H3;7-9H2,1-6H3. The van der Waals surface area contributed by atoms with E-state index in [0.29, 0.717) is 31.9 Å². The quantitative estimate of drug-likeness (QED) is 0.0390. The summed E-state index contributed by atoms with van der Waals surface area (Å²) in [5.41, 5.74) is 4.24. The van der Waals surface area contributed by atoms with Crippen molar-refractivity contribution in [3.8, 4) is 11.5 Å². The molecule has 0 bridgehead atoms. The van der Waals surface area contributed by atoms with Crippen LogP contribution in [0.2, 0.25) is 0 Å². The monoisotopic (exact) mass is 1100 g/mol. The van der Waals surface area contributed by atoms with Crippen LogP contribution in [-0.4, -0.2) is 65.0 Å². The lowest BCUT2D eigenvalue weighted by Gasteiger charge is -2.26. The van der Waals surface area contributed by atoms with Crippen molar-refractivity contribution in [1.29, 1.82) is 0 Å². The molecule has 0 saturated heterocycles. The van der Waals surface area contributed by atoms with Crippen molar-refractivity contribution < 1.29 is 33.3 Å². The van der Waals surface area contributed by atoms with E-state index in [4.69, 9.17) is 24.8 Å². The first-order valence-corrected chi connectivity index (χ1v) is 26.1. The van der Waals surface area contributed by atoms with Gasteiger partial charge in [0.1, 0.15) is 17.3 Å². The third-order valence-corrected chi connectivity index (χ3v) is 13.9. The summed E-state index contributed by atoms with van der Waals surface area (Å²) in [5.74, 6) is 7.78. The van der Waals surface area contributed by atoms with Crippen LogP contribution in [0.1, 0.15) is 106 Å². The van der Waals surface area contributed by atoms with Crippen LogP contribution in [0.15, 0.2) is 105 Å². The molecule has 5 rings (SSSR count). The smallest absolute Gasteiger partial charge is 0.311 e. The van der Waals surface area contributed by atoms with Crippen molar-refractivity contribution in [1.82, 2.24) is 4.57 Å². The van der Waals surface area contributed by atoms with Gasteiger partial charge in [-0.1, -0.05) is 97.7 Å². The van der Waals surface area contributed by atoms with Gasteiger partial charge < -0.3 is 28.5 Å². The molecule has 1 heterocycles. The van der Waals surface area contributed by atoms with Gasteiger partial charge in [0.2, 0.25) is 0 Å². The lowest BCUT2D eigenvalue weighted by molar-refractivity contribution is -0.155. The van der Waals surface area contributed by atoms with Crippen molar-refractivity contribution in [3.63, 3.8) is 0 Å². The van der Waals surface area contributed by atoms with Gasteiger partial charge in [-0.05, 0) is 119 Å². The zero-order valence-electron chi connectivity index (χ0n) is 42.5. The molecule has 372 valence electrons. The number of fused-ring (bicyclic) bond motifs is 1. The van der Waals surface area contributed by atoms with Crippen LogP contribution in [0.25, 0.3) is 10.9 Å². The normalized spacial score (nSPS) is 11.7. The molecular weight excluding hydrogens is 1030 g/mol. The maximum atomic E-state index is 12.8.